The van der Waals surface area contributed by atoms with Crippen molar-refractivity contribution in [2.75, 3.05) is 14.2 Å². The number of ether oxygens (including phenoxy) is 2. The van der Waals surface area contributed by atoms with Crippen molar-refractivity contribution in [3.05, 3.63) is 88.9 Å². The maximum atomic E-state index is 14.9. The molecule has 0 bridgehead atoms. The fourth-order valence-corrected chi connectivity index (χ4v) is 5.83. The van der Waals surface area contributed by atoms with Gasteiger partial charge in [0.15, 0.2) is 0 Å². The number of nitrogens with zero attached hydrogens (tertiary/aromatic N) is 1. The molecule has 0 aromatic heterocycles. The van der Waals surface area contributed by atoms with Crippen LogP contribution in [0.15, 0.2) is 72.8 Å². The molecule has 2 atom stereocenters. The number of carbonyl (C=O) groups excluding carboxylic acids is 2. The molecule has 0 heterocycles. The van der Waals surface area contributed by atoms with Crippen LogP contribution in [0.2, 0.25) is 5.02 Å². The lowest BCUT2D eigenvalue weighted by Gasteiger charge is -2.37. The van der Waals surface area contributed by atoms with Gasteiger partial charge in [-0.1, -0.05) is 35.9 Å². The Morgan fingerprint density at radius 3 is 2.33 bits per heavy atom. The summed E-state index contributed by atoms with van der Waals surface area (Å²) in [6.07, 6.45) is -0.00554. The lowest BCUT2D eigenvalue weighted by Crippen LogP contribution is -2.43. The average molecular weight is 569 g/mol. The first-order valence-electron chi connectivity index (χ1n) is 13.1. The first-order valence-corrected chi connectivity index (χ1v) is 13.5. The molecular formula is C31H31ClF2N2O4. The third kappa shape index (κ3) is 5.24. The number of benzene rings is 3. The van der Waals surface area contributed by atoms with E-state index in [0.717, 1.165) is 16.9 Å². The molecule has 2 fully saturated rings. The Balaban J connectivity index is 1.15. The highest BCUT2D eigenvalue weighted by atomic mass is 35.5. The molecule has 0 radical (unpaired) electrons. The summed E-state index contributed by atoms with van der Waals surface area (Å²) in [5, 5.41) is 3.26. The zero-order valence-electron chi connectivity index (χ0n) is 22.5. The minimum atomic E-state index is -3.13. The van der Waals surface area contributed by atoms with Gasteiger partial charge in [0.1, 0.15) is 23.2 Å². The summed E-state index contributed by atoms with van der Waals surface area (Å²) in [4.78, 5) is 27.4. The predicted molar refractivity (Wildman–Crippen MR) is 148 cm³/mol. The number of halogens is 3. The summed E-state index contributed by atoms with van der Waals surface area (Å²) in [7, 11) is 3.25. The molecule has 3 aromatic carbocycles. The lowest BCUT2D eigenvalue weighted by molar-refractivity contribution is -0.142. The number of rotatable bonds is 9. The van der Waals surface area contributed by atoms with Gasteiger partial charge in [-0.05, 0) is 79.4 Å². The van der Waals surface area contributed by atoms with Gasteiger partial charge in [0.2, 0.25) is 11.8 Å². The van der Waals surface area contributed by atoms with E-state index in [1.807, 2.05) is 24.3 Å². The van der Waals surface area contributed by atoms with E-state index in [1.165, 1.54) is 0 Å². The highest BCUT2D eigenvalue weighted by Gasteiger charge is 2.87. The Labute approximate surface area is 237 Å². The van der Waals surface area contributed by atoms with Crippen LogP contribution in [-0.4, -0.2) is 36.8 Å². The fraction of sp³-hybridized carbons (Fsp3) is 0.355. The Morgan fingerprint density at radius 2 is 1.68 bits per heavy atom. The minimum absolute atomic E-state index is 0.00277. The van der Waals surface area contributed by atoms with E-state index < -0.39 is 35.1 Å². The molecule has 3 aromatic rings. The maximum Gasteiger partial charge on any atom is 0.266 e. The van der Waals surface area contributed by atoms with Crippen molar-refractivity contribution in [3.8, 4) is 17.2 Å². The van der Waals surface area contributed by atoms with Gasteiger partial charge in [-0.3, -0.25) is 9.59 Å². The van der Waals surface area contributed by atoms with Crippen LogP contribution >= 0.6 is 11.6 Å². The summed E-state index contributed by atoms with van der Waals surface area (Å²) in [6, 6.07) is 21.0. The number of hydrogen-bond acceptors (Lipinski definition) is 4. The fourth-order valence-electron chi connectivity index (χ4n) is 5.71. The van der Waals surface area contributed by atoms with Crippen LogP contribution in [0.25, 0.3) is 0 Å². The number of methoxy groups -OCH3 is 1. The van der Waals surface area contributed by atoms with E-state index in [9.17, 15) is 18.4 Å². The number of amides is 2. The Bertz CT molecular complexity index is 1390. The summed E-state index contributed by atoms with van der Waals surface area (Å²) in [5.41, 5.74) is 0.183. The largest absolute Gasteiger partial charge is 0.497 e. The zero-order valence-corrected chi connectivity index (χ0v) is 23.3. The molecule has 40 heavy (non-hydrogen) atoms. The van der Waals surface area contributed by atoms with E-state index in [4.69, 9.17) is 21.1 Å². The van der Waals surface area contributed by atoms with Crippen molar-refractivity contribution in [2.24, 2.45) is 17.3 Å². The Hall–Kier alpha value is -3.65. The molecule has 210 valence electrons. The van der Waals surface area contributed by atoms with E-state index in [2.05, 4.69) is 5.32 Å². The van der Waals surface area contributed by atoms with Crippen molar-refractivity contribution in [2.45, 2.75) is 38.3 Å². The van der Waals surface area contributed by atoms with Crippen LogP contribution in [-0.2, 0) is 16.1 Å². The van der Waals surface area contributed by atoms with Gasteiger partial charge in [0.25, 0.3) is 5.92 Å². The molecule has 2 aliphatic rings. The number of nitrogens with one attached hydrogen (secondary N) is 1. The van der Waals surface area contributed by atoms with Crippen molar-refractivity contribution in [3.63, 3.8) is 0 Å². The monoisotopic (exact) mass is 568 g/mol. The van der Waals surface area contributed by atoms with E-state index in [1.54, 1.807) is 74.5 Å². The first kappa shape index (κ1) is 27.9. The standard InChI is InChI=1S/C31H31ClF2N2O4/c1-19(21-7-9-23(32)10-8-21)35-28(37)27-30(31(27,33)34)16-22(17-30)29(38)36(2)18-20-5-4-6-26(15-20)40-25-13-11-24(39-3)12-14-25/h4-15,19,22,27H,16-18H2,1-3H3,(H,35,37)/t19-,22?,27?,30?/m0/s1. The van der Waals surface area contributed by atoms with Gasteiger partial charge >= 0.3 is 0 Å². The smallest absolute Gasteiger partial charge is 0.266 e. The second-order valence-electron chi connectivity index (χ2n) is 10.7. The van der Waals surface area contributed by atoms with Gasteiger partial charge in [-0.15, -0.1) is 0 Å². The topological polar surface area (TPSA) is 67.9 Å². The third-order valence-corrected chi connectivity index (χ3v) is 8.30. The molecule has 5 rings (SSSR count). The first-order chi connectivity index (χ1) is 19.0. The van der Waals surface area contributed by atoms with E-state index in [-0.39, 0.29) is 18.7 Å². The van der Waals surface area contributed by atoms with E-state index in [0.29, 0.717) is 23.1 Å². The van der Waals surface area contributed by atoms with Crippen LogP contribution in [0.3, 0.4) is 0 Å². The van der Waals surface area contributed by atoms with Crippen molar-refractivity contribution < 1.29 is 27.8 Å². The average Bonchev–Trinajstić information content (AvgIpc) is 3.44. The van der Waals surface area contributed by atoms with Crippen molar-refractivity contribution in [1.29, 1.82) is 0 Å². The second-order valence-corrected chi connectivity index (χ2v) is 11.2. The molecule has 0 aliphatic heterocycles. The summed E-state index contributed by atoms with van der Waals surface area (Å²) < 4.78 is 40.8. The highest BCUT2D eigenvalue weighted by molar-refractivity contribution is 6.30. The molecule has 0 saturated heterocycles. The number of alkyl halides is 2. The van der Waals surface area contributed by atoms with Crippen LogP contribution in [0.1, 0.15) is 36.9 Å². The molecule has 2 saturated carbocycles. The van der Waals surface area contributed by atoms with Crippen LogP contribution < -0.4 is 14.8 Å². The molecule has 6 nitrogen and oxygen atoms in total. The summed E-state index contributed by atoms with van der Waals surface area (Å²) in [6.45, 7) is 2.05. The SMILES string of the molecule is COc1ccc(Oc2cccc(CN(C)C(=O)C3CC4(C3)C(C(=O)N[C@@H](C)c3ccc(Cl)cc3)C4(F)F)c2)cc1. The third-order valence-electron chi connectivity index (χ3n) is 8.05. The van der Waals surface area contributed by atoms with Gasteiger partial charge in [0, 0.05) is 24.5 Å². The number of carbonyl (C=O) groups is 2. The summed E-state index contributed by atoms with van der Waals surface area (Å²) in [5.74, 6) is -3.98. The molecule has 2 amide bonds. The maximum absolute atomic E-state index is 14.9. The molecule has 2 aliphatic carbocycles. The lowest BCUT2D eigenvalue weighted by atomic mass is 9.69. The van der Waals surface area contributed by atoms with Crippen molar-refractivity contribution >= 4 is 23.4 Å². The van der Waals surface area contributed by atoms with E-state index >= 15 is 0 Å². The molecule has 1 N–H and O–H groups in total. The Morgan fingerprint density at radius 1 is 1.02 bits per heavy atom. The summed E-state index contributed by atoms with van der Waals surface area (Å²) >= 11 is 5.91. The molecule has 1 unspecified atom stereocenters. The van der Waals surface area contributed by atoms with Crippen LogP contribution in [0.5, 0.6) is 17.2 Å². The van der Waals surface area contributed by atoms with Gasteiger partial charge in [0.05, 0.1) is 18.6 Å². The van der Waals surface area contributed by atoms with Crippen LogP contribution in [0.4, 0.5) is 8.78 Å². The zero-order chi connectivity index (χ0) is 28.7. The normalized spacial score (nSPS) is 23.1. The quantitative estimate of drug-likeness (QED) is 0.314. The predicted octanol–water partition coefficient (Wildman–Crippen LogP) is 6.64. The van der Waals surface area contributed by atoms with Crippen LogP contribution in [0, 0.1) is 17.3 Å². The molecule has 1 spiro atoms. The van der Waals surface area contributed by atoms with Gasteiger partial charge in [-0.25, -0.2) is 8.78 Å². The van der Waals surface area contributed by atoms with Crippen molar-refractivity contribution in [1.82, 2.24) is 10.2 Å². The highest BCUT2D eigenvalue weighted by Crippen LogP contribution is 2.77. The number of hydrogen-bond donors (Lipinski definition) is 1. The molecule has 9 heteroatoms. The van der Waals surface area contributed by atoms with Gasteiger partial charge in [-0.2, -0.15) is 0 Å². The molecular weight excluding hydrogens is 538 g/mol. The Kier molecular flexibility index (Phi) is 7.48. The second kappa shape index (κ2) is 10.7. The minimum Gasteiger partial charge on any atom is -0.497 e. The van der Waals surface area contributed by atoms with Gasteiger partial charge < -0.3 is 19.7 Å².